The zero-order chi connectivity index (χ0) is 29.7. The van der Waals surface area contributed by atoms with Gasteiger partial charge in [0.15, 0.2) is 11.4 Å². The number of nitrogens with zero attached hydrogens (tertiary/aromatic N) is 1. The molecule has 1 N–H and O–H groups in total. The molecule has 2 heterocycles. The number of aromatic nitrogens is 1. The van der Waals surface area contributed by atoms with Crippen molar-refractivity contribution in [2.45, 2.75) is 38.8 Å². The molecule has 0 radical (unpaired) electrons. The lowest BCUT2D eigenvalue weighted by Gasteiger charge is -2.19. The number of hydrogen-bond donors (Lipinski definition) is 1. The molecule has 0 spiro atoms. The van der Waals surface area contributed by atoms with Gasteiger partial charge in [0.25, 0.3) is 5.91 Å². The van der Waals surface area contributed by atoms with E-state index in [1.807, 2.05) is 22.6 Å². The highest BCUT2D eigenvalue weighted by Gasteiger charge is 2.44. The van der Waals surface area contributed by atoms with E-state index in [9.17, 15) is 27.6 Å². The van der Waals surface area contributed by atoms with Crippen molar-refractivity contribution >= 4 is 62.9 Å². The lowest BCUT2D eigenvalue weighted by Crippen LogP contribution is -2.38. The van der Waals surface area contributed by atoms with Gasteiger partial charge in [0.1, 0.15) is 5.75 Å². The first-order valence-corrected chi connectivity index (χ1v) is 13.7. The summed E-state index contributed by atoms with van der Waals surface area (Å²) >= 11 is 8.09. The minimum absolute atomic E-state index is 0.160. The molecule has 1 aliphatic rings. The number of ether oxygens (including phenoxy) is 2. The van der Waals surface area contributed by atoms with Crippen LogP contribution >= 0.6 is 34.2 Å². The van der Waals surface area contributed by atoms with E-state index in [0.29, 0.717) is 36.3 Å². The smallest absolute Gasteiger partial charge is 0.432 e. The van der Waals surface area contributed by atoms with Crippen LogP contribution in [-0.2, 0) is 22.5 Å². The zero-order valence-corrected chi connectivity index (χ0v) is 24.5. The molecule has 1 aromatic heterocycles. The number of alkyl carbamates (subject to hydrolysis) is 1. The Bertz CT molecular complexity index is 1720. The van der Waals surface area contributed by atoms with Crippen molar-refractivity contribution in [3.63, 3.8) is 0 Å². The van der Waals surface area contributed by atoms with Gasteiger partial charge in [0, 0.05) is 44.3 Å². The molecular formula is C29H21ClF3IN2O5. The van der Waals surface area contributed by atoms with Crippen LogP contribution in [-0.4, -0.2) is 34.3 Å². The van der Waals surface area contributed by atoms with E-state index in [-0.39, 0.29) is 18.7 Å². The molecular weight excluding hydrogens is 676 g/mol. The first-order chi connectivity index (χ1) is 19.2. The quantitative estimate of drug-likeness (QED) is 0.167. The Balaban J connectivity index is 1.53. The Kier molecular flexibility index (Phi) is 7.53. The van der Waals surface area contributed by atoms with Crippen molar-refractivity contribution in [2.24, 2.45) is 0 Å². The Morgan fingerprint density at radius 3 is 2.37 bits per heavy atom. The summed E-state index contributed by atoms with van der Waals surface area (Å²) in [4.78, 5) is 37.3. The predicted molar refractivity (Wildman–Crippen MR) is 153 cm³/mol. The minimum Gasteiger partial charge on any atom is -0.432 e. The average molecular weight is 697 g/mol. The summed E-state index contributed by atoms with van der Waals surface area (Å²) in [5.41, 5.74) is 1.93. The molecule has 212 valence electrons. The number of benzene rings is 3. The fourth-order valence-corrected chi connectivity index (χ4v) is 6.02. The minimum atomic E-state index is -4.88. The first kappa shape index (κ1) is 28.9. The maximum absolute atomic E-state index is 13.7. The van der Waals surface area contributed by atoms with E-state index in [1.165, 1.54) is 25.1 Å². The van der Waals surface area contributed by atoms with Gasteiger partial charge in [-0.3, -0.25) is 14.9 Å². The average Bonchev–Trinajstić information content (AvgIpc) is 3.29. The number of carbonyl (C=O) groups excluding carboxylic acids is 3. The number of amides is 2. The second kappa shape index (κ2) is 10.7. The number of alkyl halides is 3. The summed E-state index contributed by atoms with van der Waals surface area (Å²) < 4.78 is 50.7. The molecule has 12 heteroatoms. The Labute approximate surface area is 250 Å². The number of rotatable bonds is 7. The third-order valence-corrected chi connectivity index (χ3v) is 7.98. The maximum atomic E-state index is 13.7. The highest BCUT2D eigenvalue weighted by molar-refractivity contribution is 14.1. The zero-order valence-electron chi connectivity index (χ0n) is 21.6. The predicted octanol–water partition coefficient (Wildman–Crippen LogP) is 6.95. The summed E-state index contributed by atoms with van der Waals surface area (Å²) in [5, 5.41) is 3.08. The molecule has 41 heavy (non-hydrogen) atoms. The number of cyclic esters (lactones) is 1. The van der Waals surface area contributed by atoms with Crippen LogP contribution in [0.1, 0.15) is 39.7 Å². The summed E-state index contributed by atoms with van der Waals surface area (Å²) in [6, 6.07) is 16.0. The van der Waals surface area contributed by atoms with Crippen LogP contribution in [0.5, 0.6) is 5.75 Å². The number of nitrogens with one attached hydrogen (secondary N) is 1. The Morgan fingerprint density at radius 1 is 1.07 bits per heavy atom. The lowest BCUT2D eigenvalue weighted by atomic mass is 9.95. The van der Waals surface area contributed by atoms with Gasteiger partial charge in [0.05, 0.1) is 11.1 Å². The van der Waals surface area contributed by atoms with E-state index in [1.54, 1.807) is 54.0 Å². The first-order valence-electron chi connectivity index (χ1n) is 12.2. The monoisotopic (exact) mass is 696 g/mol. The molecule has 0 aliphatic carbocycles. The van der Waals surface area contributed by atoms with Gasteiger partial charge < -0.3 is 14.0 Å². The van der Waals surface area contributed by atoms with Crippen LogP contribution in [0.25, 0.3) is 10.9 Å². The van der Waals surface area contributed by atoms with Gasteiger partial charge in [-0.05, 0) is 77.9 Å². The van der Waals surface area contributed by atoms with Gasteiger partial charge >= 0.3 is 12.5 Å². The van der Waals surface area contributed by atoms with Crippen LogP contribution in [0, 0.1) is 10.5 Å². The molecule has 1 aliphatic heterocycles. The molecule has 3 aromatic carbocycles. The Morgan fingerprint density at radius 2 is 1.76 bits per heavy atom. The van der Waals surface area contributed by atoms with Gasteiger partial charge in [-0.1, -0.05) is 35.9 Å². The van der Waals surface area contributed by atoms with Crippen molar-refractivity contribution in [3.8, 4) is 5.75 Å². The van der Waals surface area contributed by atoms with Gasteiger partial charge in [0.2, 0.25) is 0 Å². The van der Waals surface area contributed by atoms with Crippen LogP contribution in [0.4, 0.5) is 18.0 Å². The lowest BCUT2D eigenvalue weighted by molar-refractivity contribution is -0.274. The second-order valence-electron chi connectivity index (χ2n) is 9.79. The molecule has 5 rings (SSSR count). The van der Waals surface area contributed by atoms with Crippen LogP contribution in [0.15, 0.2) is 60.7 Å². The van der Waals surface area contributed by atoms with Gasteiger partial charge in [-0.25, -0.2) is 4.79 Å². The Hall–Kier alpha value is -3.58. The van der Waals surface area contributed by atoms with Crippen molar-refractivity contribution in [2.75, 3.05) is 0 Å². The molecule has 0 saturated carbocycles. The van der Waals surface area contributed by atoms with E-state index in [0.717, 1.165) is 11.1 Å². The number of carbonyl (C=O) groups is 3. The van der Waals surface area contributed by atoms with Gasteiger partial charge in [-0.15, -0.1) is 13.2 Å². The molecule has 1 saturated heterocycles. The summed E-state index contributed by atoms with van der Waals surface area (Å²) in [6.07, 6.45) is -5.51. The summed E-state index contributed by atoms with van der Waals surface area (Å²) in [6.45, 7) is 3.50. The number of ketones is 1. The molecule has 0 bridgehead atoms. The van der Waals surface area contributed by atoms with Crippen molar-refractivity contribution in [1.82, 2.24) is 9.88 Å². The summed E-state index contributed by atoms with van der Waals surface area (Å²) in [5.74, 6) is -1.22. The van der Waals surface area contributed by atoms with E-state index in [4.69, 9.17) is 16.3 Å². The standard InChI is InChI=1S/C29H21ClF3IN2O5/c1-15-24(25(37)20-9-7-18(30)11-22(20)34)21-10-8-19(40-29(31,32)33)12-23(21)36(15)14-17-5-3-16(4-6-17)13-28(2)26(38)35-27(39)41-28/h3-12H,13-14H2,1-2H3,(H,35,38,39)/t28-/m0/s1. The molecule has 1 fully saturated rings. The molecule has 0 unspecified atom stereocenters. The molecule has 2 amide bonds. The normalized spacial score (nSPS) is 17.0. The second-order valence-corrected chi connectivity index (χ2v) is 11.4. The van der Waals surface area contributed by atoms with Crippen molar-refractivity contribution in [3.05, 3.63) is 97.2 Å². The summed E-state index contributed by atoms with van der Waals surface area (Å²) in [7, 11) is 0. The fraction of sp³-hybridized carbons (Fsp3) is 0.207. The molecule has 1 atom stereocenters. The third kappa shape index (κ3) is 5.91. The van der Waals surface area contributed by atoms with E-state index in [2.05, 4.69) is 10.1 Å². The third-order valence-electron chi connectivity index (χ3n) is 6.85. The van der Waals surface area contributed by atoms with Gasteiger partial charge in [-0.2, -0.15) is 0 Å². The number of hydrogen-bond acceptors (Lipinski definition) is 5. The highest BCUT2D eigenvalue weighted by Crippen LogP contribution is 2.34. The largest absolute Gasteiger partial charge is 0.573 e. The SMILES string of the molecule is Cc1c(C(=O)c2ccc(Cl)cc2I)c2ccc(OC(F)(F)F)cc2n1Cc1ccc(C[C@]2(C)OC(=O)NC2=O)cc1. The molecule has 4 aromatic rings. The molecule has 7 nitrogen and oxygen atoms in total. The van der Waals surface area contributed by atoms with Crippen molar-refractivity contribution < 1.29 is 37.0 Å². The van der Waals surface area contributed by atoms with Crippen molar-refractivity contribution in [1.29, 1.82) is 0 Å². The highest BCUT2D eigenvalue weighted by atomic mass is 127. The number of imide groups is 1. The number of fused-ring (bicyclic) bond motifs is 1. The fourth-order valence-electron chi connectivity index (χ4n) is 4.90. The van der Waals surface area contributed by atoms with E-state index < -0.39 is 29.7 Å². The maximum Gasteiger partial charge on any atom is 0.573 e. The van der Waals surface area contributed by atoms with Crippen LogP contribution < -0.4 is 10.1 Å². The van der Waals surface area contributed by atoms with E-state index >= 15 is 0 Å². The van der Waals surface area contributed by atoms with Crippen LogP contribution in [0.2, 0.25) is 5.02 Å². The number of halogens is 5. The van der Waals surface area contributed by atoms with Crippen LogP contribution in [0.3, 0.4) is 0 Å². The topological polar surface area (TPSA) is 86.6 Å².